The number of carbonyl (C=O) groups excluding carboxylic acids is 1. The van der Waals surface area contributed by atoms with E-state index in [1.54, 1.807) is 55.5 Å². The minimum absolute atomic E-state index is 0.0805. The molecular weight excluding hydrogens is 376 g/mol. The van der Waals surface area contributed by atoms with Crippen LogP contribution in [-0.2, 0) is 14.8 Å². The molecule has 2 aromatic carbocycles. The normalized spacial score (nSPS) is 12.3. The van der Waals surface area contributed by atoms with Crippen LogP contribution in [0.1, 0.15) is 32.8 Å². The van der Waals surface area contributed by atoms with Crippen LogP contribution in [0, 0.1) is 6.92 Å². The SMILES string of the molecule is CCC(C)NC(=O)COc1ccc(N(CC)S(=O)(=O)c2ccc(C)cc2)cc1. The zero-order chi connectivity index (χ0) is 20.7. The number of rotatable bonds is 9. The van der Waals surface area contributed by atoms with Crippen LogP contribution in [0.5, 0.6) is 5.75 Å². The zero-order valence-corrected chi connectivity index (χ0v) is 17.6. The van der Waals surface area contributed by atoms with Crippen LogP contribution in [0.2, 0.25) is 0 Å². The molecule has 1 atom stereocenters. The molecular formula is C21H28N2O4S. The molecule has 7 heteroatoms. The monoisotopic (exact) mass is 404 g/mol. The summed E-state index contributed by atoms with van der Waals surface area (Å²) in [5, 5.41) is 2.83. The van der Waals surface area contributed by atoms with Crippen molar-refractivity contribution in [1.29, 1.82) is 0 Å². The maximum absolute atomic E-state index is 12.9. The number of carbonyl (C=O) groups is 1. The summed E-state index contributed by atoms with van der Waals surface area (Å²) in [5.74, 6) is 0.322. The fourth-order valence-electron chi connectivity index (χ4n) is 2.60. The fraction of sp³-hybridized carbons (Fsp3) is 0.381. The third kappa shape index (κ3) is 5.48. The number of hydrogen-bond donors (Lipinski definition) is 1. The first-order valence-corrected chi connectivity index (χ1v) is 10.8. The van der Waals surface area contributed by atoms with Crippen molar-refractivity contribution < 1.29 is 17.9 Å². The number of ether oxygens (including phenoxy) is 1. The Kier molecular flexibility index (Phi) is 7.45. The Morgan fingerprint density at radius 2 is 1.68 bits per heavy atom. The van der Waals surface area contributed by atoms with E-state index in [9.17, 15) is 13.2 Å². The second-order valence-corrected chi connectivity index (χ2v) is 8.50. The van der Waals surface area contributed by atoms with E-state index in [2.05, 4.69) is 5.32 Å². The molecule has 0 aliphatic rings. The van der Waals surface area contributed by atoms with Crippen molar-refractivity contribution in [2.24, 2.45) is 0 Å². The molecule has 0 aromatic heterocycles. The lowest BCUT2D eigenvalue weighted by Gasteiger charge is -2.23. The maximum Gasteiger partial charge on any atom is 0.264 e. The number of amides is 1. The summed E-state index contributed by atoms with van der Waals surface area (Å²) in [6, 6.07) is 13.6. The summed E-state index contributed by atoms with van der Waals surface area (Å²) < 4.78 is 32.7. The number of hydrogen-bond acceptors (Lipinski definition) is 4. The highest BCUT2D eigenvalue weighted by molar-refractivity contribution is 7.92. The molecule has 0 fully saturated rings. The highest BCUT2D eigenvalue weighted by atomic mass is 32.2. The lowest BCUT2D eigenvalue weighted by atomic mass is 10.2. The van der Waals surface area contributed by atoms with E-state index < -0.39 is 10.0 Å². The van der Waals surface area contributed by atoms with Crippen LogP contribution in [0.25, 0.3) is 0 Å². The summed E-state index contributed by atoms with van der Waals surface area (Å²) in [4.78, 5) is 12.0. The molecule has 1 amide bonds. The second-order valence-electron chi connectivity index (χ2n) is 6.64. The van der Waals surface area contributed by atoms with Gasteiger partial charge in [0.1, 0.15) is 5.75 Å². The maximum atomic E-state index is 12.9. The van der Waals surface area contributed by atoms with E-state index in [-0.39, 0.29) is 23.5 Å². The summed E-state index contributed by atoms with van der Waals surface area (Å²) in [5.41, 5.74) is 1.54. The van der Waals surface area contributed by atoms with E-state index in [1.165, 1.54) is 4.31 Å². The number of nitrogens with one attached hydrogen (secondary N) is 1. The first kappa shape index (κ1) is 21.8. The van der Waals surface area contributed by atoms with Gasteiger partial charge in [-0.15, -0.1) is 0 Å². The third-order valence-corrected chi connectivity index (χ3v) is 6.33. The highest BCUT2D eigenvalue weighted by Crippen LogP contribution is 2.25. The zero-order valence-electron chi connectivity index (χ0n) is 16.8. The third-order valence-electron chi connectivity index (χ3n) is 4.41. The van der Waals surface area contributed by atoms with Gasteiger partial charge in [0.2, 0.25) is 0 Å². The fourth-order valence-corrected chi connectivity index (χ4v) is 4.08. The molecule has 0 saturated carbocycles. The van der Waals surface area contributed by atoms with Gasteiger partial charge in [0, 0.05) is 12.6 Å². The minimum Gasteiger partial charge on any atom is -0.484 e. The molecule has 0 spiro atoms. The quantitative estimate of drug-likeness (QED) is 0.694. The van der Waals surface area contributed by atoms with Gasteiger partial charge in [0.15, 0.2) is 6.61 Å². The predicted octanol–water partition coefficient (Wildman–Crippen LogP) is 3.50. The Balaban J connectivity index is 2.10. The summed E-state index contributed by atoms with van der Waals surface area (Å²) in [6.45, 7) is 7.84. The molecule has 0 aliphatic heterocycles. The van der Waals surface area contributed by atoms with Gasteiger partial charge in [-0.3, -0.25) is 9.10 Å². The van der Waals surface area contributed by atoms with Gasteiger partial charge in [0.25, 0.3) is 15.9 Å². The average Bonchev–Trinajstić information content (AvgIpc) is 2.68. The molecule has 0 radical (unpaired) electrons. The number of nitrogens with zero attached hydrogens (tertiary/aromatic N) is 1. The van der Waals surface area contributed by atoms with Gasteiger partial charge < -0.3 is 10.1 Å². The van der Waals surface area contributed by atoms with E-state index >= 15 is 0 Å². The van der Waals surface area contributed by atoms with Crippen LogP contribution >= 0.6 is 0 Å². The van der Waals surface area contributed by atoms with Crippen LogP contribution in [0.4, 0.5) is 5.69 Å². The Morgan fingerprint density at radius 3 is 2.21 bits per heavy atom. The molecule has 0 saturated heterocycles. The Morgan fingerprint density at radius 1 is 1.07 bits per heavy atom. The van der Waals surface area contributed by atoms with E-state index in [4.69, 9.17) is 4.74 Å². The van der Waals surface area contributed by atoms with Gasteiger partial charge in [-0.05, 0) is 63.6 Å². The molecule has 28 heavy (non-hydrogen) atoms. The number of aryl methyl sites for hydroxylation is 1. The summed E-state index contributed by atoms with van der Waals surface area (Å²) >= 11 is 0. The first-order chi connectivity index (χ1) is 13.3. The van der Waals surface area contributed by atoms with Gasteiger partial charge >= 0.3 is 0 Å². The first-order valence-electron chi connectivity index (χ1n) is 9.39. The second kappa shape index (κ2) is 9.59. The van der Waals surface area contributed by atoms with Crippen LogP contribution in [0.15, 0.2) is 53.4 Å². The predicted molar refractivity (Wildman–Crippen MR) is 111 cm³/mol. The Hall–Kier alpha value is -2.54. The minimum atomic E-state index is -3.65. The van der Waals surface area contributed by atoms with Crippen molar-refractivity contribution in [3.8, 4) is 5.75 Å². The van der Waals surface area contributed by atoms with Crippen molar-refractivity contribution in [3.05, 3.63) is 54.1 Å². The molecule has 1 N–H and O–H groups in total. The van der Waals surface area contributed by atoms with E-state index in [1.807, 2.05) is 20.8 Å². The smallest absolute Gasteiger partial charge is 0.264 e. The van der Waals surface area contributed by atoms with Gasteiger partial charge in [-0.1, -0.05) is 24.6 Å². The molecule has 0 bridgehead atoms. The topological polar surface area (TPSA) is 75.7 Å². The van der Waals surface area contributed by atoms with Gasteiger partial charge in [-0.2, -0.15) is 0 Å². The molecule has 2 aromatic rings. The Labute approximate surface area is 167 Å². The standard InChI is InChI=1S/C21H28N2O4S/c1-5-17(4)22-21(24)15-27-19-11-9-18(10-12-19)23(6-2)28(25,26)20-13-7-16(3)8-14-20/h7-14,17H,5-6,15H2,1-4H3,(H,22,24). The number of anilines is 1. The lowest BCUT2D eigenvalue weighted by molar-refractivity contribution is -0.123. The van der Waals surface area contributed by atoms with Crippen LogP contribution < -0.4 is 14.4 Å². The van der Waals surface area contributed by atoms with E-state index in [0.717, 1.165) is 12.0 Å². The van der Waals surface area contributed by atoms with Crippen molar-refractivity contribution in [2.75, 3.05) is 17.5 Å². The van der Waals surface area contributed by atoms with Gasteiger partial charge in [0.05, 0.1) is 10.6 Å². The number of benzene rings is 2. The molecule has 1 unspecified atom stereocenters. The number of sulfonamides is 1. The molecule has 6 nitrogen and oxygen atoms in total. The van der Waals surface area contributed by atoms with Crippen molar-refractivity contribution >= 4 is 21.6 Å². The van der Waals surface area contributed by atoms with Crippen molar-refractivity contribution in [1.82, 2.24) is 5.32 Å². The summed E-state index contributed by atoms with van der Waals surface area (Å²) in [7, 11) is -3.65. The lowest BCUT2D eigenvalue weighted by Crippen LogP contribution is -2.35. The van der Waals surface area contributed by atoms with Crippen LogP contribution in [0.3, 0.4) is 0 Å². The average molecular weight is 405 g/mol. The van der Waals surface area contributed by atoms with Crippen LogP contribution in [-0.4, -0.2) is 33.5 Å². The van der Waals surface area contributed by atoms with Crippen molar-refractivity contribution in [2.45, 2.75) is 45.1 Å². The summed E-state index contributed by atoms with van der Waals surface area (Å²) in [6.07, 6.45) is 0.850. The molecule has 2 rings (SSSR count). The molecule has 0 aliphatic carbocycles. The van der Waals surface area contributed by atoms with Crippen molar-refractivity contribution in [3.63, 3.8) is 0 Å². The largest absolute Gasteiger partial charge is 0.484 e. The molecule has 0 heterocycles. The van der Waals surface area contributed by atoms with E-state index in [0.29, 0.717) is 18.0 Å². The highest BCUT2D eigenvalue weighted by Gasteiger charge is 2.23. The molecule has 152 valence electrons. The van der Waals surface area contributed by atoms with Gasteiger partial charge in [-0.25, -0.2) is 8.42 Å². The Bertz CT molecular complexity index is 878.